The number of likely N-dealkylation sites (N-methyl/N-ethyl adjacent to an activating group) is 1. The van der Waals surface area contributed by atoms with Gasteiger partial charge in [0.1, 0.15) is 5.82 Å². The van der Waals surface area contributed by atoms with E-state index < -0.39 is 5.97 Å². The van der Waals surface area contributed by atoms with E-state index in [1.54, 1.807) is 12.3 Å². The molecule has 0 spiro atoms. The smallest absolute Gasteiger partial charge is 0.376 e. The van der Waals surface area contributed by atoms with E-state index in [0.717, 1.165) is 18.9 Å². The Morgan fingerprint density at radius 3 is 3.17 bits per heavy atom. The van der Waals surface area contributed by atoms with E-state index in [1.165, 1.54) is 20.0 Å². The zero-order valence-corrected chi connectivity index (χ0v) is 10.7. The highest BCUT2D eigenvalue weighted by Gasteiger charge is 2.17. The normalized spacial score (nSPS) is 18.7. The van der Waals surface area contributed by atoms with Crippen LogP contribution in [0.25, 0.3) is 0 Å². The van der Waals surface area contributed by atoms with Crippen LogP contribution < -0.4 is 10.2 Å². The van der Waals surface area contributed by atoms with E-state index in [0.29, 0.717) is 6.04 Å². The molecule has 0 saturated carbocycles. The Hall–Kier alpha value is -1.69. The second kappa shape index (κ2) is 5.77. The Bertz CT molecular complexity index is 418. The molecule has 1 N–H and O–H groups in total. The lowest BCUT2D eigenvalue weighted by Crippen LogP contribution is -2.35. The quantitative estimate of drug-likeness (QED) is 0.783. The second-order valence-electron chi connectivity index (χ2n) is 4.40. The summed E-state index contributed by atoms with van der Waals surface area (Å²) in [5, 5.41) is 3.43. The maximum Gasteiger partial charge on any atom is 0.376 e. The first-order valence-corrected chi connectivity index (χ1v) is 6.06. The molecule has 1 fully saturated rings. The van der Waals surface area contributed by atoms with E-state index in [2.05, 4.69) is 20.0 Å². The third-order valence-electron chi connectivity index (χ3n) is 3.06. The average molecular weight is 250 g/mol. The molecule has 1 atom stereocenters. The average Bonchev–Trinajstić information content (AvgIpc) is 2.90. The summed E-state index contributed by atoms with van der Waals surface area (Å²) in [5.74, 6) is 0.324. The van der Waals surface area contributed by atoms with Crippen LogP contribution in [0, 0.1) is 0 Å². The molecule has 2 heterocycles. The molecule has 0 amide bonds. The predicted molar refractivity (Wildman–Crippen MR) is 67.7 cm³/mol. The van der Waals surface area contributed by atoms with Crippen LogP contribution in [-0.2, 0) is 4.74 Å². The molecule has 1 unspecified atom stereocenters. The van der Waals surface area contributed by atoms with E-state index >= 15 is 0 Å². The van der Waals surface area contributed by atoms with Gasteiger partial charge in [0.2, 0.25) is 5.82 Å². The van der Waals surface area contributed by atoms with Crippen molar-refractivity contribution in [2.24, 2.45) is 0 Å². The fraction of sp³-hybridized carbons (Fsp3) is 0.583. The van der Waals surface area contributed by atoms with Crippen LogP contribution in [0.5, 0.6) is 0 Å². The van der Waals surface area contributed by atoms with Gasteiger partial charge in [0.25, 0.3) is 0 Å². The SMILES string of the molecule is COC(=O)c1nccc(N(C)CC2CCCN2)n1. The molecule has 1 saturated heterocycles. The van der Waals surface area contributed by atoms with Gasteiger partial charge in [0.15, 0.2) is 0 Å². The van der Waals surface area contributed by atoms with Gasteiger partial charge in [0, 0.05) is 25.8 Å². The highest BCUT2D eigenvalue weighted by molar-refractivity contribution is 5.85. The summed E-state index contributed by atoms with van der Waals surface area (Å²) in [6.07, 6.45) is 3.97. The maximum absolute atomic E-state index is 11.4. The number of hydrogen-bond donors (Lipinski definition) is 1. The Labute approximate surface area is 106 Å². The van der Waals surface area contributed by atoms with E-state index in [4.69, 9.17) is 0 Å². The van der Waals surface area contributed by atoms with Crippen molar-refractivity contribution in [3.8, 4) is 0 Å². The number of carbonyl (C=O) groups is 1. The summed E-state index contributed by atoms with van der Waals surface area (Å²) < 4.78 is 4.61. The fourth-order valence-corrected chi connectivity index (χ4v) is 2.09. The fourth-order valence-electron chi connectivity index (χ4n) is 2.09. The summed E-state index contributed by atoms with van der Waals surface area (Å²) in [6.45, 7) is 1.95. The number of hydrogen-bond acceptors (Lipinski definition) is 6. The van der Waals surface area contributed by atoms with E-state index in [1.807, 2.05) is 11.9 Å². The Kier molecular flexibility index (Phi) is 4.09. The number of rotatable bonds is 4. The van der Waals surface area contributed by atoms with Gasteiger partial charge in [-0.1, -0.05) is 0 Å². The van der Waals surface area contributed by atoms with Gasteiger partial charge in [-0.05, 0) is 25.5 Å². The van der Waals surface area contributed by atoms with E-state index in [-0.39, 0.29) is 5.82 Å². The van der Waals surface area contributed by atoms with Crippen LogP contribution in [-0.4, -0.2) is 49.2 Å². The zero-order chi connectivity index (χ0) is 13.0. The molecule has 0 aromatic carbocycles. The molecule has 1 aromatic rings. The summed E-state index contributed by atoms with van der Waals surface area (Å²) in [5.41, 5.74) is 0. The molecule has 2 rings (SSSR count). The van der Waals surface area contributed by atoms with Gasteiger partial charge in [-0.3, -0.25) is 0 Å². The van der Waals surface area contributed by atoms with Crippen LogP contribution in [0.4, 0.5) is 5.82 Å². The highest BCUT2D eigenvalue weighted by Crippen LogP contribution is 2.12. The first kappa shape index (κ1) is 12.8. The van der Waals surface area contributed by atoms with Crippen LogP contribution in [0.1, 0.15) is 23.5 Å². The molecule has 1 aromatic heterocycles. The minimum Gasteiger partial charge on any atom is -0.463 e. The molecular formula is C12H18N4O2. The van der Waals surface area contributed by atoms with Crippen molar-refractivity contribution >= 4 is 11.8 Å². The number of nitrogens with zero attached hydrogens (tertiary/aromatic N) is 3. The van der Waals surface area contributed by atoms with Crippen molar-refractivity contribution in [1.29, 1.82) is 0 Å². The molecule has 18 heavy (non-hydrogen) atoms. The van der Waals surface area contributed by atoms with Gasteiger partial charge in [-0.15, -0.1) is 0 Å². The largest absolute Gasteiger partial charge is 0.463 e. The van der Waals surface area contributed by atoms with Crippen LogP contribution in [0.3, 0.4) is 0 Å². The van der Waals surface area contributed by atoms with Crippen LogP contribution in [0.15, 0.2) is 12.3 Å². The molecule has 6 nitrogen and oxygen atoms in total. The van der Waals surface area contributed by atoms with Gasteiger partial charge in [-0.25, -0.2) is 14.8 Å². The lowest BCUT2D eigenvalue weighted by Gasteiger charge is -2.22. The van der Waals surface area contributed by atoms with Crippen molar-refractivity contribution in [1.82, 2.24) is 15.3 Å². The van der Waals surface area contributed by atoms with Crippen LogP contribution in [0.2, 0.25) is 0 Å². The molecule has 0 radical (unpaired) electrons. The lowest BCUT2D eigenvalue weighted by molar-refractivity contribution is 0.0587. The Morgan fingerprint density at radius 2 is 2.50 bits per heavy atom. The molecule has 0 aliphatic carbocycles. The summed E-state index contributed by atoms with van der Waals surface area (Å²) >= 11 is 0. The maximum atomic E-state index is 11.4. The van der Waals surface area contributed by atoms with Crippen molar-refractivity contribution in [2.75, 3.05) is 32.1 Å². The third-order valence-corrected chi connectivity index (χ3v) is 3.06. The van der Waals surface area contributed by atoms with Crippen LogP contribution >= 0.6 is 0 Å². The topological polar surface area (TPSA) is 67.3 Å². The van der Waals surface area contributed by atoms with Gasteiger partial charge in [0.05, 0.1) is 7.11 Å². The van der Waals surface area contributed by atoms with Gasteiger partial charge >= 0.3 is 5.97 Å². The molecule has 1 aliphatic heterocycles. The van der Waals surface area contributed by atoms with Crippen molar-refractivity contribution in [3.63, 3.8) is 0 Å². The number of nitrogens with one attached hydrogen (secondary N) is 1. The number of aromatic nitrogens is 2. The minimum atomic E-state index is -0.510. The molecule has 6 heteroatoms. The minimum absolute atomic E-state index is 0.0984. The summed E-state index contributed by atoms with van der Waals surface area (Å²) in [4.78, 5) is 21.5. The number of methoxy groups -OCH3 is 1. The van der Waals surface area contributed by atoms with E-state index in [9.17, 15) is 4.79 Å². The molecule has 98 valence electrons. The van der Waals surface area contributed by atoms with Gasteiger partial charge in [-0.2, -0.15) is 0 Å². The monoisotopic (exact) mass is 250 g/mol. The standard InChI is InChI=1S/C12H18N4O2/c1-16(8-9-4-3-6-13-9)10-5-7-14-11(15-10)12(17)18-2/h5,7,9,13H,3-4,6,8H2,1-2H3. The first-order valence-electron chi connectivity index (χ1n) is 6.06. The number of ether oxygens (including phenoxy) is 1. The number of esters is 1. The second-order valence-corrected chi connectivity index (χ2v) is 4.40. The molecule has 0 bridgehead atoms. The summed E-state index contributed by atoms with van der Waals surface area (Å²) in [7, 11) is 3.29. The van der Waals surface area contributed by atoms with Crippen molar-refractivity contribution in [3.05, 3.63) is 18.1 Å². The van der Waals surface area contributed by atoms with Gasteiger partial charge < -0.3 is 15.0 Å². The predicted octanol–water partition coefficient (Wildman–Crippen LogP) is 0.451. The van der Waals surface area contributed by atoms with Crippen molar-refractivity contribution < 1.29 is 9.53 Å². The third kappa shape index (κ3) is 2.95. The summed E-state index contributed by atoms with van der Waals surface area (Å²) in [6, 6.07) is 2.29. The zero-order valence-electron chi connectivity index (χ0n) is 10.7. The highest BCUT2D eigenvalue weighted by atomic mass is 16.5. The first-order chi connectivity index (χ1) is 8.70. The molecular weight excluding hydrogens is 232 g/mol. The lowest BCUT2D eigenvalue weighted by atomic mass is 10.2. The Morgan fingerprint density at radius 1 is 1.67 bits per heavy atom. The molecule has 1 aliphatic rings. The van der Waals surface area contributed by atoms with Crippen molar-refractivity contribution in [2.45, 2.75) is 18.9 Å². The number of carbonyl (C=O) groups excluding carboxylic acids is 1. The Balaban J connectivity index is 2.04. The number of anilines is 1.